The van der Waals surface area contributed by atoms with Crippen molar-refractivity contribution in [1.29, 1.82) is 0 Å². The highest BCUT2D eigenvalue weighted by Gasteiger charge is 2.27. The van der Waals surface area contributed by atoms with E-state index in [1.54, 1.807) is 14.2 Å². The molecule has 1 aromatic rings. The van der Waals surface area contributed by atoms with Gasteiger partial charge in [-0.3, -0.25) is 4.90 Å². The van der Waals surface area contributed by atoms with Gasteiger partial charge in [-0.25, -0.2) is 0 Å². The number of nitrogens with one attached hydrogen (secondary N) is 1. The Morgan fingerprint density at radius 3 is 2.55 bits per heavy atom. The van der Waals surface area contributed by atoms with Gasteiger partial charge in [0.15, 0.2) is 0 Å². The van der Waals surface area contributed by atoms with Crippen molar-refractivity contribution in [3.05, 3.63) is 23.8 Å². The van der Waals surface area contributed by atoms with Gasteiger partial charge in [0.1, 0.15) is 11.5 Å². The van der Waals surface area contributed by atoms with Crippen LogP contribution in [0.2, 0.25) is 0 Å². The SMILES string of the molecule is COc1ccc(OC)c(C(C(N)=S)N2CCNCC2)c1. The third-order valence-corrected chi connectivity index (χ3v) is 3.74. The third-order valence-electron chi connectivity index (χ3n) is 3.52. The van der Waals surface area contributed by atoms with E-state index in [-0.39, 0.29) is 6.04 Å². The monoisotopic (exact) mass is 295 g/mol. The fourth-order valence-corrected chi connectivity index (χ4v) is 2.80. The fourth-order valence-electron chi connectivity index (χ4n) is 2.52. The van der Waals surface area contributed by atoms with E-state index in [0.29, 0.717) is 4.99 Å². The zero-order valence-corrected chi connectivity index (χ0v) is 12.7. The number of hydrogen-bond acceptors (Lipinski definition) is 5. The van der Waals surface area contributed by atoms with Gasteiger partial charge < -0.3 is 20.5 Å². The first-order valence-electron chi connectivity index (χ1n) is 6.63. The molecule has 0 radical (unpaired) electrons. The fraction of sp³-hybridized carbons (Fsp3) is 0.500. The summed E-state index contributed by atoms with van der Waals surface area (Å²) in [5.74, 6) is 1.55. The summed E-state index contributed by atoms with van der Waals surface area (Å²) in [5, 5.41) is 3.33. The molecule has 1 aliphatic rings. The van der Waals surface area contributed by atoms with Crippen molar-refractivity contribution >= 4 is 17.2 Å². The molecular formula is C14H21N3O2S. The minimum Gasteiger partial charge on any atom is -0.497 e. The first-order valence-corrected chi connectivity index (χ1v) is 7.04. The molecule has 0 aliphatic carbocycles. The molecule has 20 heavy (non-hydrogen) atoms. The molecule has 2 rings (SSSR count). The third kappa shape index (κ3) is 3.20. The van der Waals surface area contributed by atoms with Crippen LogP contribution in [-0.2, 0) is 0 Å². The Balaban J connectivity index is 2.39. The maximum atomic E-state index is 5.99. The lowest BCUT2D eigenvalue weighted by Crippen LogP contribution is -2.48. The van der Waals surface area contributed by atoms with E-state index in [1.165, 1.54) is 0 Å². The number of nitrogens with two attached hydrogens (primary N) is 1. The number of piperazine rings is 1. The Kier molecular flexibility index (Phi) is 5.17. The molecule has 1 atom stereocenters. The first kappa shape index (κ1) is 15.0. The normalized spacial score (nSPS) is 17.5. The lowest BCUT2D eigenvalue weighted by Gasteiger charge is -2.35. The molecule has 1 fully saturated rings. The summed E-state index contributed by atoms with van der Waals surface area (Å²) >= 11 is 5.29. The number of nitrogens with zero attached hydrogens (tertiary/aromatic N) is 1. The van der Waals surface area contributed by atoms with Gasteiger partial charge >= 0.3 is 0 Å². The molecule has 1 heterocycles. The molecule has 0 aromatic heterocycles. The van der Waals surface area contributed by atoms with E-state index in [4.69, 9.17) is 27.4 Å². The van der Waals surface area contributed by atoms with Gasteiger partial charge in [0.2, 0.25) is 0 Å². The lowest BCUT2D eigenvalue weighted by molar-refractivity contribution is 0.211. The van der Waals surface area contributed by atoms with E-state index in [1.807, 2.05) is 18.2 Å². The van der Waals surface area contributed by atoms with Gasteiger partial charge in [-0.1, -0.05) is 12.2 Å². The maximum Gasteiger partial charge on any atom is 0.124 e. The quantitative estimate of drug-likeness (QED) is 0.788. The molecule has 110 valence electrons. The Bertz CT molecular complexity index is 475. The number of hydrogen-bond donors (Lipinski definition) is 2. The average Bonchev–Trinajstić information content (AvgIpc) is 2.48. The van der Waals surface area contributed by atoms with Gasteiger partial charge in [-0.15, -0.1) is 0 Å². The van der Waals surface area contributed by atoms with Gasteiger partial charge in [0, 0.05) is 31.7 Å². The zero-order valence-electron chi connectivity index (χ0n) is 11.9. The number of benzene rings is 1. The van der Waals surface area contributed by atoms with Crippen LogP contribution in [0.15, 0.2) is 18.2 Å². The summed E-state index contributed by atoms with van der Waals surface area (Å²) in [6.45, 7) is 3.68. The van der Waals surface area contributed by atoms with Crippen molar-refractivity contribution in [2.24, 2.45) is 5.73 Å². The predicted octanol–water partition coefficient (Wildman–Crippen LogP) is 0.936. The van der Waals surface area contributed by atoms with E-state index in [9.17, 15) is 0 Å². The van der Waals surface area contributed by atoms with E-state index < -0.39 is 0 Å². The molecule has 0 saturated carbocycles. The second-order valence-corrected chi connectivity index (χ2v) is 5.17. The van der Waals surface area contributed by atoms with Crippen LogP contribution in [0, 0.1) is 0 Å². The minimum absolute atomic E-state index is 0.128. The van der Waals surface area contributed by atoms with Crippen molar-refractivity contribution in [2.45, 2.75) is 6.04 Å². The highest BCUT2D eigenvalue weighted by molar-refractivity contribution is 7.80. The van der Waals surface area contributed by atoms with Crippen molar-refractivity contribution in [2.75, 3.05) is 40.4 Å². The predicted molar refractivity (Wildman–Crippen MR) is 83.5 cm³/mol. The van der Waals surface area contributed by atoms with Crippen LogP contribution in [0.25, 0.3) is 0 Å². The van der Waals surface area contributed by atoms with Crippen LogP contribution in [0.1, 0.15) is 11.6 Å². The summed E-state index contributed by atoms with van der Waals surface area (Å²) in [5.41, 5.74) is 6.95. The Morgan fingerprint density at radius 2 is 2.00 bits per heavy atom. The minimum atomic E-state index is -0.128. The summed E-state index contributed by atoms with van der Waals surface area (Å²) in [7, 11) is 3.30. The van der Waals surface area contributed by atoms with Crippen LogP contribution < -0.4 is 20.5 Å². The highest BCUT2D eigenvalue weighted by Crippen LogP contribution is 2.33. The summed E-state index contributed by atoms with van der Waals surface area (Å²) in [4.78, 5) is 2.73. The smallest absolute Gasteiger partial charge is 0.124 e. The van der Waals surface area contributed by atoms with E-state index >= 15 is 0 Å². The van der Waals surface area contributed by atoms with Crippen molar-refractivity contribution in [3.8, 4) is 11.5 Å². The topological polar surface area (TPSA) is 59.8 Å². The summed E-state index contributed by atoms with van der Waals surface area (Å²) in [6.07, 6.45) is 0. The lowest BCUT2D eigenvalue weighted by atomic mass is 10.0. The molecule has 1 aliphatic heterocycles. The second-order valence-electron chi connectivity index (χ2n) is 4.70. The molecular weight excluding hydrogens is 274 g/mol. The van der Waals surface area contributed by atoms with Crippen molar-refractivity contribution < 1.29 is 9.47 Å². The summed E-state index contributed by atoms with van der Waals surface area (Å²) < 4.78 is 10.8. The number of methoxy groups -OCH3 is 2. The number of rotatable bonds is 5. The molecule has 1 unspecified atom stereocenters. The first-order chi connectivity index (χ1) is 9.67. The van der Waals surface area contributed by atoms with Gasteiger partial charge in [0.25, 0.3) is 0 Å². The molecule has 3 N–H and O–H groups in total. The number of ether oxygens (including phenoxy) is 2. The average molecular weight is 295 g/mol. The maximum absolute atomic E-state index is 5.99. The highest BCUT2D eigenvalue weighted by atomic mass is 32.1. The van der Waals surface area contributed by atoms with Gasteiger partial charge in [0.05, 0.1) is 25.2 Å². The molecule has 0 bridgehead atoms. The number of thiocarbonyl (C=S) groups is 1. The Hall–Kier alpha value is -1.37. The van der Waals surface area contributed by atoms with Crippen molar-refractivity contribution in [3.63, 3.8) is 0 Å². The van der Waals surface area contributed by atoms with E-state index in [2.05, 4.69) is 10.2 Å². The van der Waals surface area contributed by atoms with Crippen LogP contribution >= 0.6 is 12.2 Å². The Labute approximate surface area is 125 Å². The standard InChI is InChI=1S/C14H21N3O2S/c1-18-10-3-4-12(19-2)11(9-10)13(14(15)20)17-7-5-16-6-8-17/h3-4,9,13,16H,5-8H2,1-2H3,(H2,15,20). The molecule has 5 nitrogen and oxygen atoms in total. The van der Waals surface area contributed by atoms with Gasteiger partial charge in [-0.05, 0) is 18.2 Å². The Morgan fingerprint density at radius 1 is 1.30 bits per heavy atom. The second kappa shape index (κ2) is 6.88. The van der Waals surface area contributed by atoms with Crippen LogP contribution in [-0.4, -0.2) is 50.3 Å². The van der Waals surface area contributed by atoms with E-state index in [0.717, 1.165) is 43.2 Å². The molecule has 0 amide bonds. The van der Waals surface area contributed by atoms with Gasteiger partial charge in [-0.2, -0.15) is 0 Å². The molecule has 1 aromatic carbocycles. The van der Waals surface area contributed by atoms with Crippen molar-refractivity contribution in [1.82, 2.24) is 10.2 Å². The van der Waals surface area contributed by atoms with Crippen LogP contribution in [0.4, 0.5) is 0 Å². The largest absolute Gasteiger partial charge is 0.497 e. The van der Waals surface area contributed by atoms with Crippen LogP contribution in [0.5, 0.6) is 11.5 Å². The summed E-state index contributed by atoms with van der Waals surface area (Å²) in [6, 6.07) is 5.58. The van der Waals surface area contributed by atoms with Crippen LogP contribution in [0.3, 0.4) is 0 Å². The molecule has 1 saturated heterocycles. The molecule has 6 heteroatoms. The molecule has 0 spiro atoms. The zero-order chi connectivity index (χ0) is 14.5.